The first-order chi connectivity index (χ1) is 16.4. The number of rotatable bonds is 6. The molecule has 0 amide bonds. The summed E-state index contributed by atoms with van der Waals surface area (Å²) in [7, 11) is -2.45. The van der Waals surface area contributed by atoms with Crippen molar-refractivity contribution in [2.75, 3.05) is 11.8 Å². The second kappa shape index (κ2) is 9.78. The summed E-state index contributed by atoms with van der Waals surface area (Å²) in [6.45, 7) is 4.13. The number of benzene rings is 2. The number of allylic oxidation sites excluding steroid dienone is 1. The molecule has 0 saturated carbocycles. The fourth-order valence-electron chi connectivity index (χ4n) is 3.88. The topological polar surface area (TPSA) is 84.5 Å². The normalized spacial score (nSPS) is 15.9. The number of nitrogens with one attached hydrogen (secondary N) is 2. The van der Waals surface area contributed by atoms with Crippen molar-refractivity contribution in [1.29, 1.82) is 0 Å². The van der Waals surface area contributed by atoms with Crippen molar-refractivity contribution in [3.63, 3.8) is 0 Å². The van der Waals surface area contributed by atoms with E-state index in [1.54, 1.807) is 25.3 Å². The number of ether oxygens (including phenoxy) is 1. The Balaban J connectivity index is 1.66. The Morgan fingerprint density at radius 1 is 1.20 bits per heavy atom. The number of carbonyl (C=O) groups is 1. The molecule has 0 bridgehead atoms. The van der Waals surface area contributed by atoms with Crippen molar-refractivity contribution in [2.45, 2.75) is 30.7 Å². The largest absolute Gasteiger partial charge is 0.497 e. The second-order valence-corrected chi connectivity index (χ2v) is 13.2. The number of ketones is 1. The number of sulfonamides is 1. The third kappa shape index (κ3) is 5.54. The van der Waals surface area contributed by atoms with E-state index in [2.05, 4.69) is 39.8 Å². The van der Waals surface area contributed by atoms with E-state index >= 15 is 0 Å². The van der Waals surface area contributed by atoms with Crippen LogP contribution in [0.25, 0.3) is 5.70 Å². The summed E-state index contributed by atoms with van der Waals surface area (Å²) in [5.74, 6) is 0.413. The molecular weight excluding hydrogens is 595 g/mol. The molecule has 0 unspecified atom stereocenters. The number of fused-ring (bicyclic) bond motifs is 1. The van der Waals surface area contributed by atoms with Crippen LogP contribution in [0.1, 0.15) is 35.3 Å². The van der Waals surface area contributed by atoms with Gasteiger partial charge in [-0.05, 0) is 66.0 Å². The smallest absolute Gasteiger partial charge is 0.265 e. The standard InChI is InChI=1S/C24H21BrCl2N2O4S2/c1-24(2)12-14-7-8-16(33-3)10-17(14)18(28-24)11-19(30)13-5-4-6-15(9-13)29-35(31,32)21-20(25)22(26)34-23(21)27/h4-11,28-29H,12H2,1-3H3/b18-11-. The van der Waals surface area contributed by atoms with Crippen molar-refractivity contribution in [3.8, 4) is 5.75 Å². The predicted molar refractivity (Wildman–Crippen MR) is 146 cm³/mol. The zero-order chi connectivity index (χ0) is 25.5. The number of halogens is 3. The number of methoxy groups -OCH3 is 1. The van der Waals surface area contributed by atoms with E-state index in [4.69, 9.17) is 27.9 Å². The lowest BCUT2D eigenvalue weighted by Crippen LogP contribution is -2.43. The van der Waals surface area contributed by atoms with Crippen LogP contribution in [0.3, 0.4) is 0 Å². The van der Waals surface area contributed by atoms with Gasteiger partial charge in [0.1, 0.15) is 19.3 Å². The van der Waals surface area contributed by atoms with Crippen LogP contribution in [-0.4, -0.2) is 26.8 Å². The van der Waals surface area contributed by atoms with Crippen LogP contribution in [0.4, 0.5) is 5.69 Å². The maximum Gasteiger partial charge on any atom is 0.265 e. The fourth-order valence-corrected chi connectivity index (χ4v) is 8.49. The van der Waals surface area contributed by atoms with Crippen molar-refractivity contribution >= 4 is 77.7 Å². The molecule has 2 N–H and O–H groups in total. The Labute approximate surface area is 226 Å². The van der Waals surface area contributed by atoms with Crippen LogP contribution in [0.5, 0.6) is 5.75 Å². The predicted octanol–water partition coefficient (Wildman–Crippen LogP) is 6.77. The van der Waals surface area contributed by atoms with Gasteiger partial charge in [0.15, 0.2) is 5.78 Å². The third-order valence-corrected chi connectivity index (χ3v) is 10.2. The summed E-state index contributed by atoms with van der Waals surface area (Å²) in [5.41, 5.74) is 2.96. The first-order valence-electron chi connectivity index (χ1n) is 10.4. The highest BCUT2D eigenvalue weighted by Crippen LogP contribution is 2.43. The highest BCUT2D eigenvalue weighted by Gasteiger charge is 2.29. The van der Waals surface area contributed by atoms with E-state index in [0.717, 1.165) is 28.9 Å². The van der Waals surface area contributed by atoms with E-state index in [-0.39, 0.29) is 35.1 Å². The van der Waals surface area contributed by atoms with Crippen LogP contribution in [-0.2, 0) is 16.4 Å². The minimum Gasteiger partial charge on any atom is -0.497 e. The molecule has 0 radical (unpaired) electrons. The molecule has 1 aliphatic rings. The number of thiophene rings is 1. The molecule has 1 aromatic heterocycles. The zero-order valence-corrected chi connectivity index (χ0v) is 23.6. The maximum atomic E-state index is 13.2. The summed E-state index contributed by atoms with van der Waals surface area (Å²) in [6, 6.07) is 12.1. The van der Waals surface area contributed by atoms with Crippen LogP contribution in [0.15, 0.2) is 57.9 Å². The Morgan fingerprint density at radius 2 is 1.94 bits per heavy atom. The van der Waals surface area contributed by atoms with Gasteiger partial charge in [-0.3, -0.25) is 9.52 Å². The van der Waals surface area contributed by atoms with Gasteiger partial charge in [0.25, 0.3) is 10.0 Å². The zero-order valence-electron chi connectivity index (χ0n) is 18.9. The quantitative estimate of drug-likeness (QED) is 0.236. The molecule has 35 heavy (non-hydrogen) atoms. The minimum atomic E-state index is -4.04. The lowest BCUT2D eigenvalue weighted by Gasteiger charge is -2.35. The van der Waals surface area contributed by atoms with Gasteiger partial charge in [0, 0.05) is 34.1 Å². The molecule has 2 aromatic carbocycles. The monoisotopic (exact) mass is 614 g/mol. The van der Waals surface area contributed by atoms with Gasteiger partial charge in [-0.1, -0.05) is 41.4 Å². The Bertz CT molecular complexity index is 1470. The van der Waals surface area contributed by atoms with E-state index in [1.807, 2.05) is 18.2 Å². The number of hydrogen-bond acceptors (Lipinski definition) is 6. The molecule has 1 aliphatic heterocycles. The van der Waals surface area contributed by atoms with Crippen LogP contribution < -0.4 is 14.8 Å². The summed E-state index contributed by atoms with van der Waals surface area (Å²) >= 11 is 16.2. The minimum absolute atomic E-state index is 0.0337. The summed E-state index contributed by atoms with van der Waals surface area (Å²) < 4.78 is 34.1. The van der Waals surface area contributed by atoms with Crippen LogP contribution >= 0.6 is 50.5 Å². The first-order valence-corrected chi connectivity index (χ1v) is 14.2. The summed E-state index contributed by atoms with van der Waals surface area (Å²) in [4.78, 5) is 13.1. The molecule has 0 atom stereocenters. The van der Waals surface area contributed by atoms with Gasteiger partial charge in [-0.15, -0.1) is 11.3 Å². The summed E-state index contributed by atoms with van der Waals surface area (Å²) in [6.07, 6.45) is 2.32. The third-order valence-electron chi connectivity index (χ3n) is 5.39. The average Bonchev–Trinajstić information content (AvgIpc) is 3.04. The average molecular weight is 616 g/mol. The van der Waals surface area contributed by atoms with Gasteiger partial charge in [-0.25, -0.2) is 8.42 Å². The van der Waals surface area contributed by atoms with Crippen molar-refractivity contribution < 1.29 is 17.9 Å². The maximum absolute atomic E-state index is 13.2. The molecular formula is C24H21BrCl2N2O4S2. The van der Waals surface area contributed by atoms with Crippen molar-refractivity contribution in [3.05, 3.63) is 78.4 Å². The Morgan fingerprint density at radius 3 is 2.60 bits per heavy atom. The second-order valence-electron chi connectivity index (χ2n) is 8.61. The molecule has 0 saturated heterocycles. The molecule has 2 heterocycles. The molecule has 184 valence electrons. The van der Waals surface area contributed by atoms with E-state index < -0.39 is 10.0 Å². The Kier molecular flexibility index (Phi) is 7.28. The molecule has 6 nitrogen and oxygen atoms in total. The number of carbonyl (C=O) groups excluding carboxylic acids is 1. The van der Waals surface area contributed by atoms with Crippen LogP contribution in [0.2, 0.25) is 8.67 Å². The van der Waals surface area contributed by atoms with Crippen molar-refractivity contribution in [2.24, 2.45) is 0 Å². The first kappa shape index (κ1) is 26.0. The molecule has 3 aromatic rings. The highest BCUT2D eigenvalue weighted by atomic mass is 79.9. The van der Waals surface area contributed by atoms with E-state index in [1.165, 1.54) is 12.1 Å². The number of anilines is 1. The highest BCUT2D eigenvalue weighted by molar-refractivity contribution is 9.10. The van der Waals surface area contributed by atoms with E-state index in [0.29, 0.717) is 17.0 Å². The number of hydrogen-bond donors (Lipinski definition) is 2. The van der Waals surface area contributed by atoms with Gasteiger partial charge in [-0.2, -0.15) is 0 Å². The molecule has 4 rings (SSSR count). The molecule has 0 spiro atoms. The molecule has 0 fully saturated rings. The van der Waals surface area contributed by atoms with Gasteiger partial charge in [0.05, 0.1) is 11.6 Å². The lowest BCUT2D eigenvalue weighted by molar-refractivity contribution is 0.104. The van der Waals surface area contributed by atoms with Gasteiger partial charge < -0.3 is 10.1 Å². The van der Waals surface area contributed by atoms with E-state index in [9.17, 15) is 13.2 Å². The SMILES string of the molecule is COc1ccc2c(c1)/C(=C/C(=O)c1cccc(NS(=O)(=O)c3c(Cl)sc(Cl)c3Br)c1)NC(C)(C)C2. The summed E-state index contributed by atoms with van der Waals surface area (Å²) in [5, 5.41) is 3.43. The van der Waals surface area contributed by atoms with Crippen molar-refractivity contribution in [1.82, 2.24) is 5.32 Å². The fraction of sp³-hybridized carbons (Fsp3) is 0.208. The Hall–Kier alpha value is -2.04. The lowest BCUT2D eigenvalue weighted by atomic mass is 9.85. The van der Waals surface area contributed by atoms with Crippen LogP contribution in [0, 0.1) is 0 Å². The van der Waals surface area contributed by atoms with Gasteiger partial charge >= 0.3 is 0 Å². The molecule has 11 heteroatoms. The van der Waals surface area contributed by atoms with Gasteiger partial charge in [0.2, 0.25) is 0 Å². The molecule has 0 aliphatic carbocycles.